The number of carbonyl (C=O) groups excluding carboxylic acids is 1. The molecule has 132 valence electrons. The fraction of sp³-hybridized carbons (Fsp3) is 0.933. The molecule has 0 bridgehead atoms. The van der Waals surface area contributed by atoms with Gasteiger partial charge in [0.1, 0.15) is 0 Å². The van der Waals surface area contributed by atoms with Gasteiger partial charge in [-0.1, -0.05) is 13.8 Å². The summed E-state index contributed by atoms with van der Waals surface area (Å²) in [5, 5.41) is 3.26. The molecular weight excluding hydrogens is 325 g/mol. The van der Waals surface area contributed by atoms with Crippen LogP contribution in [0.15, 0.2) is 0 Å². The van der Waals surface area contributed by atoms with E-state index in [9.17, 15) is 4.79 Å². The molecule has 2 saturated heterocycles. The molecule has 2 atom stereocenters. The molecule has 0 aromatic heterocycles. The van der Waals surface area contributed by atoms with E-state index in [2.05, 4.69) is 29.0 Å². The van der Waals surface area contributed by atoms with E-state index >= 15 is 0 Å². The SMILES string of the molecule is CCC1CN(C(=O)C(C)C2CNC2)CCN1CCOC.Cl.Cl. The Balaban J connectivity index is 0.00000220. The largest absolute Gasteiger partial charge is 0.383 e. The first-order valence-electron chi connectivity index (χ1n) is 7.89. The number of halogens is 2. The molecule has 2 fully saturated rings. The number of hydrogen-bond acceptors (Lipinski definition) is 4. The average Bonchev–Trinajstić information content (AvgIpc) is 2.42. The molecule has 2 rings (SSSR count). The number of hydrogen-bond donors (Lipinski definition) is 1. The minimum Gasteiger partial charge on any atom is -0.383 e. The van der Waals surface area contributed by atoms with Crippen molar-refractivity contribution in [2.24, 2.45) is 11.8 Å². The van der Waals surface area contributed by atoms with Gasteiger partial charge in [0.25, 0.3) is 0 Å². The van der Waals surface area contributed by atoms with Crippen LogP contribution < -0.4 is 5.32 Å². The van der Waals surface area contributed by atoms with E-state index in [-0.39, 0.29) is 30.7 Å². The maximum Gasteiger partial charge on any atom is 0.225 e. The molecule has 0 spiro atoms. The summed E-state index contributed by atoms with van der Waals surface area (Å²) in [5.41, 5.74) is 0. The Morgan fingerprint density at radius 2 is 2.00 bits per heavy atom. The van der Waals surface area contributed by atoms with Gasteiger partial charge in [-0.05, 0) is 25.4 Å². The van der Waals surface area contributed by atoms with Gasteiger partial charge >= 0.3 is 0 Å². The van der Waals surface area contributed by atoms with Gasteiger partial charge in [-0.25, -0.2) is 0 Å². The summed E-state index contributed by atoms with van der Waals surface area (Å²) in [4.78, 5) is 17.1. The van der Waals surface area contributed by atoms with Crippen LogP contribution >= 0.6 is 24.8 Å². The fourth-order valence-corrected chi connectivity index (χ4v) is 3.14. The van der Waals surface area contributed by atoms with E-state index in [1.54, 1.807) is 7.11 Å². The zero-order valence-electron chi connectivity index (χ0n) is 13.9. The normalized spacial score (nSPS) is 24.0. The van der Waals surface area contributed by atoms with Crippen molar-refractivity contribution >= 4 is 30.7 Å². The van der Waals surface area contributed by atoms with Crippen molar-refractivity contribution < 1.29 is 9.53 Å². The van der Waals surface area contributed by atoms with Gasteiger partial charge in [-0.2, -0.15) is 0 Å². The zero-order chi connectivity index (χ0) is 14.5. The van der Waals surface area contributed by atoms with Crippen molar-refractivity contribution in [2.45, 2.75) is 26.3 Å². The van der Waals surface area contributed by atoms with E-state index in [1.165, 1.54) is 0 Å². The number of piperazine rings is 1. The Bertz CT molecular complexity index is 330. The van der Waals surface area contributed by atoms with Crippen LogP contribution in [-0.2, 0) is 9.53 Å². The Hall–Kier alpha value is -0.0700. The lowest BCUT2D eigenvalue weighted by Gasteiger charge is -2.43. The Labute approximate surface area is 146 Å². The third kappa shape index (κ3) is 5.24. The first-order chi connectivity index (χ1) is 9.67. The molecule has 0 radical (unpaired) electrons. The quantitative estimate of drug-likeness (QED) is 0.778. The molecule has 0 aromatic rings. The molecule has 2 aliphatic heterocycles. The molecular formula is C15H31Cl2N3O2. The summed E-state index contributed by atoms with van der Waals surface area (Å²) in [6.07, 6.45) is 1.09. The molecule has 2 heterocycles. The summed E-state index contributed by atoms with van der Waals surface area (Å²) in [6, 6.07) is 0.481. The lowest BCUT2D eigenvalue weighted by molar-refractivity contribution is -0.140. The summed E-state index contributed by atoms with van der Waals surface area (Å²) in [6.45, 7) is 10.8. The second-order valence-corrected chi connectivity index (χ2v) is 6.08. The van der Waals surface area contributed by atoms with Crippen LogP contribution in [0.4, 0.5) is 0 Å². The van der Waals surface area contributed by atoms with Crippen LogP contribution in [-0.4, -0.2) is 74.7 Å². The van der Waals surface area contributed by atoms with Gasteiger partial charge in [0.2, 0.25) is 5.91 Å². The monoisotopic (exact) mass is 355 g/mol. The van der Waals surface area contributed by atoms with Crippen LogP contribution in [0, 0.1) is 11.8 Å². The molecule has 0 aromatic carbocycles. The number of rotatable bonds is 6. The number of nitrogens with zero attached hydrogens (tertiary/aromatic N) is 2. The van der Waals surface area contributed by atoms with Crippen LogP contribution in [0.5, 0.6) is 0 Å². The highest BCUT2D eigenvalue weighted by atomic mass is 35.5. The Morgan fingerprint density at radius 1 is 1.32 bits per heavy atom. The zero-order valence-corrected chi connectivity index (χ0v) is 15.5. The molecule has 1 amide bonds. The summed E-state index contributed by atoms with van der Waals surface area (Å²) in [5.74, 6) is 1.05. The number of nitrogens with one attached hydrogen (secondary N) is 1. The van der Waals surface area contributed by atoms with Crippen LogP contribution in [0.2, 0.25) is 0 Å². The molecule has 5 nitrogen and oxygen atoms in total. The van der Waals surface area contributed by atoms with E-state index in [0.717, 1.165) is 52.3 Å². The predicted octanol–water partition coefficient (Wildman–Crippen LogP) is 1.25. The Kier molecular flexibility index (Phi) is 10.6. The smallest absolute Gasteiger partial charge is 0.225 e. The summed E-state index contributed by atoms with van der Waals surface area (Å²) < 4.78 is 5.17. The third-order valence-corrected chi connectivity index (χ3v) is 4.88. The van der Waals surface area contributed by atoms with Gasteiger partial charge in [0.05, 0.1) is 6.61 Å². The maximum absolute atomic E-state index is 12.6. The fourth-order valence-electron chi connectivity index (χ4n) is 3.14. The second kappa shape index (κ2) is 10.7. The van der Waals surface area contributed by atoms with Crippen molar-refractivity contribution in [3.05, 3.63) is 0 Å². The van der Waals surface area contributed by atoms with Crippen LogP contribution in [0.3, 0.4) is 0 Å². The first kappa shape index (κ1) is 21.9. The van der Waals surface area contributed by atoms with Crippen LogP contribution in [0.25, 0.3) is 0 Å². The van der Waals surface area contributed by atoms with E-state index in [4.69, 9.17) is 4.74 Å². The number of ether oxygens (including phenoxy) is 1. The van der Waals surface area contributed by atoms with Gasteiger partial charge in [-0.3, -0.25) is 9.69 Å². The van der Waals surface area contributed by atoms with Crippen LogP contribution in [0.1, 0.15) is 20.3 Å². The van der Waals surface area contributed by atoms with Gasteiger partial charge in [0.15, 0.2) is 0 Å². The minimum atomic E-state index is 0. The maximum atomic E-state index is 12.6. The Morgan fingerprint density at radius 3 is 2.50 bits per heavy atom. The van der Waals surface area contributed by atoms with Crippen molar-refractivity contribution in [3.63, 3.8) is 0 Å². The highest BCUT2D eigenvalue weighted by Gasteiger charge is 2.34. The molecule has 2 unspecified atom stereocenters. The van der Waals surface area contributed by atoms with Crippen molar-refractivity contribution in [3.8, 4) is 0 Å². The lowest BCUT2D eigenvalue weighted by atomic mass is 9.87. The van der Waals surface area contributed by atoms with Gasteiger partial charge in [-0.15, -0.1) is 24.8 Å². The van der Waals surface area contributed by atoms with Crippen molar-refractivity contribution in [2.75, 3.05) is 53.0 Å². The van der Waals surface area contributed by atoms with Gasteiger partial charge < -0.3 is 15.0 Å². The van der Waals surface area contributed by atoms with E-state index in [0.29, 0.717) is 17.9 Å². The minimum absolute atomic E-state index is 0. The summed E-state index contributed by atoms with van der Waals surface area (Å²) in [7, 11) is 1.75. The molecule has 0 saturated carbocycles. The summed E-state index contributed by atoms with van der Waals surface area (Å²) >= 11 is 0. The molecule has 1 N–H and O–H groups in total. The van der Waals surface area contributed by atoms with Crippen molar-refractivity contribution in [1.82, 2.24) is 15.1 Å². The van der Waals surface area contributed by atoms with E-state index < -0.39 is 0 Å². The molecule has 7 heteroatoms. The highest BCUT2D eigenvalue weighted by molar-refractivity contribution is 5.85. The molecule has 0 aliphatic carbocycles. The first-order valence-corrected chi connectivity index (χ1v) is 7.89. The predicted molar refractivity (Wildman–Crippen MR) is 94.1 cm³/mol. The second-order valence-electron chi connectivity index (χ2n) is 6.08. The third-order valence-electron chi connectivity index (χ3n) is 4.88. The van der Waals surface area contributed by atoms with Gasteiger partial charge in [0, 0.05) is 45.2 Å². The topological polar surface area (TPSA) is 44.8 Å². The molecule has 2 aliphatic rings. The lowest BCUT2D eigenvalue weighted by Crippen LogP contribution is -2.58. The van der Waals surface area contributed by atoms with E-state index in [1.807, 2.05) is 0 Å². The number of amides is 1. The molecule has 22 heavy (non-hydrogen) atoms. The average molecular weight is 356 g/mol. The number of methoxy groups -OCH3 is 1. The standard InChI is InChI=1S/C15H29N3O2.2ClH/c1-4-14-11-18(6-5-17(14)7-8-20-3)15(19)12(2)13-9-16-10-13;;/h12-14,16H,4-11H2,1-3H3;2*1H. The highest BCUT2D eigenvalue weighted by Crippen LogP contribution is 2.21. The van der Waals surface area contributed by atoms with Crippen molar-refractivity contribution in [1.29, 1.82) is 0 Å². The number of carbonyl (C=O) groups is 1.